The zero-order valence-electron chi connectivity index (χ0n) is 15.0. The second-order valence-electron chi connectivity index (χ2n) is 7.00. The summed E-state index contributed by atoms with van der Waals surface area (Å²) in [5.74, 6) is -0.876. The van der Waals surface area contributed by atoms with Gasteiger partial charge in [0.1, 0.15) is 0 Å². The number of fused-ring (bicyclic) bond motifs is 1. The molecule has 1 fully saturated rings. The molecule has 3 aromatic rings. The molecule has 1 aromatic heterocycles. The maximum atomic E-state index is 13.1. The lowest BCUT2D eigenvalue weighted by molar-refractivity contribution is -0.138. The van der Waals surface area contributed by atoms with E-state index < -0.39 is 11.7 Å². The molecule has 28 heavy (non-hydrogen) atoms. The van der Waals surface area contributed by atoms with E-state index >= 15 is 0 Å². The van der Waals surface area contributed by atoms with Crippen LogP contribution >= 0.6 is 11.3 Å². The van der Waals surface area contributed by atoms with Gasteiger partial charge in [0.05, 0.1) is 20.8 Å². The first-order valence-corrected chi connectivity index (χ1v) is 10.0. The molecule has 1 saturated carbocycles. The van der Waals surface area contributed by atoms with Crippen LogP contribution in [0.2, 0.25) is 0 Å². The first kappa shape index (κ1) is 18.9. The molecule has 146 valence electrons. The number of nitrogens with one attached hydrogen (secondary N) is 1. The Kier molecular flexibility index (Phi) is 5.10. The van der Waals surface area contributed by atoms with E-state index in [1.807, 2.05) is 24.3 Å². The highest BCUT2D eigenvalue weighted by molar-refractivity contribution is 7.18. The van der Waals surface area contributed by atoms with Gasteiger partial charge in [-0.25, -0.2) is 4.98 Å². The highest BCUT2D eigenvalue weighted by Gasteiger charge is 2.47. The quantitative estimate of drug-likeness (QED) is 0.576. The largest absolute Gasteiger partial charge is 0.416 e. The molecule has 7 heteroatoms. The number of para-hydroxylation sites is 1. The molecule has 2 unspecified atom stereocenters. The summed E-state index contributed by atoms with van der Waals surface area (Å²) >= 11 is 1.65. The number of amides is 1. The van der Waals surface area contributed by atoms with Gasteiger partial charge in [-0.05, 0) is 42.5 Å². The van der Waals surface area contributed by atoms with E-state index in [1.54, 1.807) is 17.4 Å². The summed E-state index contributed by atoms with van der Waals surface area (Å²) in [6, 6.07) is 13.5. The predicted octanol–water partition coefficient (Wildman–Crippen LogP) is 5.17. The summed E-state index contributed by atoms with van der Waals surface area (Å²) in [6.45, 7) is 0.499. The highest BCUT2D eigenvalue weighted by Crippen LogP contribution is 2.51. The average molecular weight is 404 g/mol. The Labute approximate surface area is 164 Å². The van der Waals surface area contributed by atoms with Gasteiger partial charge in [0, 0.05) is 18.9 Å². The van der Waals surface area contributed by atoms with Gasteiger partial charge in [-0.15, -0.1) is 11.3 Å². The lowest BCUT2D eigenvalue weighted by Gasteiger charge is -2.12. The Morgan fingerprint density at radius 2 is 1.89 bits per heavy atom. The molecule has 1 amide bonds. The fraction of sp³-hybridized carbons (Fsp3) is 0.333. The minimum atomic E-state index is -4.39. The van der Waals surface area contributed by atoms with E-state index in [2.05, 4.69) is 10.3 Å². The van der Waals surface area contributed by atoms with Crippen LogP contribution in [0.5, 0.6) is 0 Å². The topological polar surface area (TPSA) is 42.0 Å². The van der Waals surface area contributed by atoms with E-state index in [0.717, 1.165) is 34.1 Å². The first-order valence-electron chi connectivity index (χ1n) is 9.22. The molecule has 2 atom stereocenters. The number of carbonyl (C=O) groups is 1. The monoisotopic (exact) mass is 404 g/mol. The third kappa shape index (κ3) is 4.04. The van der Waals surface area contributed by atoms with Gasteiger partial charge in [-0.2, -0.15) is 13.2 Å². The number of hydrogen-bond acceptors (Lipinski definition) is 3. The summed E-state index contributed by atoms with van der Waals surface area (Å²) in [5.41, 5.74) is 0.575. The second-order valence-corrected chi connectivity index (χ2v) is 8.12. The number of hydrogen-bond donors (Lipinski definition) is 1. The Morgan fingerprint density at radius 1 is 1.14 bits per heavy atom. The number of halogens is 3. The highest BCUT2D eigenvalue weighted by atomic mass is 32.1. The summed E-state index contributed by atoms with van der Waals surface area (Å²) in [5, 5.41) is 3.89. The van der Waals surface area contributed by atoms with Crippen LogP contribution in [0.3, 0.4) is 0 Å². The minimum Gasteiger partial charge on any atom is -0.356 e. The van der Waals surface area contributed by atoms with E-state index in [4.69, 9.17) is 0 Å². The molecule has 0 spiro atoms. The summed E-state index contributed by atoms with van der Waals surface area (Å²) in [7, 11) is 0. The van der Waals surface area contributed by atoms with Crippen LogP contribution in [0, 0.1) is 5.92 Å². The molecule has 0 bridgehead atoms. The van der Waals surface area contributed by atoms with E-state index in [9.17, 15) is 18.0 Å². The number of alkyl halides is 3. The lowest BCUT2D eigenvalue weighted by Crippen LogP contribution is -2.26. The lowest BCUT2D eigenvalue weighted by atomic mass is 10.0. The van der Waals surface area contributed by atoms with Crippen molar-refractivity contribution >= 4 is 27.5 Å². The normalized spacial score (nSPS) is 19.0. The Bertz CT molecular complexity index is 965. The molecule has 0 radical (unpaired) electrons. The van der Waals surface area contributed by atoms with Crippen molar-refractivity contribution in [2.75, 3.05) is 6.54 Å². The average Bonchev–Trinajstić information content (AvgIpc) is 3.36. The molecular formula is C21H19F3N2OS. The Hall–Kier alpha value is -2.41. The van der Waals surface area contributed by atoms with Gasteiger partial charge < -0.3 is 5.32 Å². The number of carbonyl (C=O) groups excluding carboxylic acids is 1. The molecule has 4 rings (SSSR count). The van der Waals surface area contributed by atoms with Crippen molar-refractivity contribution in [3.63, 3.8) is 0 Å². The van der Waals surface area contributed by atoms with Crippen molar-refractivity contribution in [2.45, 2.75) is 31.4 Å². The van der Waals surface area contributed by atoms with Gasteiger partial charge in [-0.1, -0.05) is 30.3 Å². The summed E-state index contributed by atoms with van der Waals surface area (Å²) in [6.07, 6.45) is -2.40. The fourth-order valence-corrected chi connectivity index (χ4v) is 4.53. The number of rotatable bonds is 6. The Balaban J connectivity index is 1.28. The minimum absolute atomic E-state index is 0.161. The van der Waals surface area contributed by atoms with Crippen LogP contribution in [0.1, 0.15) is 34.9 Å². The van der Waals surface area contributed by atoms with Crippen LogP contribution in [0.25, 0.3) is 10.2 Å². The number of aryl methyl sites for hydroxylation is 1. The molecular weight excluding hydrogens is 385 g/mol. The fourth-order valence-electron chi connectivity index (χ4n) is 3.52. The predicted molar refractivity (Wildman–Crippen MR) is 103 cm³/mol. The zero-order chi connectivity index (χ0) is 19.7. The summed E-state index contributed by atoms with van der Waals surface area (Å²) in [4.78, 5) is 16.9. The van der Waals surface area contributed by atoms with Gasteiger partial charge in [-0.3, -0.25) is 4.79 Å². The third-order valence-corrected chi connectivity index (χ3v) is 6.09. The van der Waals surface area contributed by atoms with Crippen molar-refractivity contribution in [3.8, 4) is 0 Å². The van der Waals surface area contributed by atoms with E-state index in [1.165, 1.54) is 12.1 Å². The SMILES string of the molecule is O=C(NCCCc1nc2ccccc2s1)C1CC1c1ccccc1C(F)(F)F. The zero-order valence-corrected chi connectivity index (χ0v) is 15.8. The van der Waals surface area contributed by atoms with Crippen LogP contribution < -0.4 is 5.32 Å². The van der Waals surface area contributed by atoms with E-state index in [0.29, 0.717) is 13.0 Å². The van der Waals surface area contributed by atoms with Gasteiger partial charge >= 0.3 is 6.18 Å². The Morgan fingerprint density at radius 3 is 2.68 bits per heavy atom. The van der Waals surface area contributed by atoms with Crippen LogP contribution in [-0.4, -0.2) is 17.4 Å². The number of nitrogens with zero attached hydrogens (tertiary/aromatic N) is 1. The molecule has 1 N–H and O–H groups in total. The van der Waals surface area contributed by atoms with Gasteiger partial charge in [0.25, 0.3) is 0 Å². The molecule has 1 aliphatic carbocycles. The van der Waals surface area contributed by atoms with Crippen molar-refractivity contribution in [3.05, 3.63) is 64.7 Å². The second kappa shape index (κ2) is 7.54. The molecule has 3 nitrogen and oxygen atoms in total. The third-order valence-electron chi connectivity index (χ3n) is 5.00. The van der Waals surface area contributed by atoms with Crippen molar-refractivity contribution in [2.24, 2.45) is 5.92 Å². The van der Waals surface area contributed by atoms with Crippen LogP contribution in [0.15, 0.2) is 48.5 Å². The van der Waals surface area contributed by atoms with Gasteiger partial charge in [0.15, 0.2) is 0 Å². The maximum absolute atomic E-state index is 13.1. The smallest absolute Gasteiger partial charge is 0.356 e. The van der Waals surface area contributed by atoms with Crippen LogP contribution in [0.4, 0.5) is 13.2 Å². The van der Waals surface area contributed by atoms with Crippen molar-refractivity contribution < 1.29 is 18.0 Å². The first-order chi connectivity index (χ1) is 13.4. The number of benzene rings is 2. The van der Waals surface area contributed by atoms with Gasteiger partial charge in [0.2, 0.25) is 5.91 Å². The molecule has 1 heterocycles. The molecule has 1 aliphatic rings. The standard InChI is InChI=1S/C21H19F3N2OS/c22-21(23,24)16-7-2-1-6-13(16)14-12-15(14)20(27)25-11-5-10-19-26-17-8-3-4-9-18(17)28-19/h1-4,6-9,14-15H,5,10-12H2,(H,25,27). The van der Waals surface area contributed by atoms with Crippen molar-refractivity contribution in [1.29, 1.82) is 0 Å². The molecule has 2 aromatic carbocycles. The van der Waals surface area contributed by atoms with E-state index in [-0.39, 0.29) is 23.3 Å². The van der Waals surface area contributed by atoms with Crippen molar-refractivity contribution in [1.82, 2.24) is 10.3 Å². The number of aromatic nitrogens is 1. The molecule has 0 aliphatic heterocycles. The maximum Gasteiger partial charge on any atom is 0.416 e. The number of thiazole rings is 1. The molecule has 0 saturated heterocycles. The summed E-state index contributed by atoms with van der Waals surface area (Å²) < 4.78 is 40.6. The van der Waals surface area contributed by atoms with Crippen LogP contribution in [-0.2, 0) is 17.4 Å².